The first kappa shape index (κ1) is 11.9. The summed E-state index contributed by atoms with van der Waals surface area (Å²) in [5.74, 6) is 0.253. The minimum Gasteiger partial charge on any atom is -0.458 e. The van der Waals surface area contributed by atoms with Gasteiger partial charge in [-0.2, -0.15) is 0 Å². The Balaban J connectivity index is 2.23. The van der Waals surface area contributed by atoms with E-state index in [0.717, 1.165) is 6.42 Å². The lowest BCUT2D eigenvalue weighted by atomic mass is 9.91. The standard InChI is InChI=1S/C15H18O2/c1-11(2)15-13(8-9-14(16)17-15)10-12-6-4-3-5-7-12/h3-7,10-11,15H,8-9H2,1-2H3/b13-10-. The minimum absolute atomic E-state index is 0.0588. The van der Waals surface area contributed by atoms with E-state index in [0.29, 0.717) is 12.3 Å². The van der Waals surface area contributed by atoms with E-state index in [1.807, 2.05) is 18.2 Å². The molecular formula is C15H18O2. The van der Waals surface area contributed by atoms with Gasteiger partial charge in [-0.3, -0.25) is 4.79 Å². The third kappa shape index (κ3) is 2.96. The second-order valence-corrected chi connectivity index (χ2v) is 4.78. The highest BCUT2D eigenvalue weighted by molar-refractivity contribution is 5.73. The molecule has 1 aromatic rings. The number of benzene rings is 1. The number of carbonyl (C=O) groups excluding carboxylic acids is 1. The molecule has 1 fully saturated rings. The molecule has 1 aliphatic heterocycles. The van der Waals surface area contributed by atoms with E-state index in [1.54, 1.807) is 0 Å². The van der Waals surface area contributed by atoms with Gasteiger partial charge in [0.2, 0.25) is 0 Å². The van der Waals surface area contributed by atoms with Crippen molar-refractivity contribution in [2.24, 2.45) is 5.92 Å². The summed E-state index contributed by atoms with van der Waals surface area (Å²) in [6, 6.07) is 10.2. The maximum Gasteiger partial charge on any atom is 0.306 e. The molecule has 0 bridgehead atoms. The number of hydrogen-bond acceptors (Lipinski definition) is 2. The Morgan fingerprint density at radius 2 is 1.94 bits per heavy atom. The molecule has 1 heterocycles. The zero-order valence-electron chi connectivity index (χ0n) is 10.3. The summed E-state index contributed by atoms with van der Waals surface area (Å²) in [7, 11) is 0. The molecule has 0 aliphatic carbocycles. The van der Waals surface area contributed by atoms with Crippen molar-refractivity contribution in [3.05, 3.63) is 41.5 Å². The van der Waals surface area contributed by atoms with E-state index < -0.39 is 0 Å². The van der Waals surface area contributed by atoms with Crippen molar-refractivity contribution in [1.82, 2.24) is 0 Å². The Morgan fingerprint density at radius 1 is 1.24 bits per heavy atom. The second kappa shape index (κ2) is 5.17. The molecule has 17 heavy (non-hydrogen) atoms. The van der Waals surface area contributed by atoms with Crippen LogP contribution in [-0.4, -0.2) is 12.1 Å². The van der Waals surface area contributed by atoms with Gasteiger partial charge in [-0.15, -0.1) is 0 Å². The summed E-state index contributed by atoms with van der Waals surface area (Å²) >= 11 is 0. The van der Waals surface area contributed by atoms with Crippen LogP contribution in [0.25, 0.3) is 6.08 Å². The van der Waals surface area contributed by atoms with Crippen molar-refractivity contribution < 1.29 is 9.53 Å². The van der Waals surface area contributed by atoms with Crippen LogP contribution in [0.4, 0.5) is 0 Å². The molecule has 0 amide bonds. The van der Waals surface area contributed by atoms with Gasteiger partial charge in [-0.25, -0.2) is 0 Å². The van der Waals surface area contributed by atoms with Crippen molar-refractivity contribution in [2.75, 3.05) is 0 Å². The maximum atomic E-state index is 11.3. The largest absolute Gasteiger partial charge is 0.458 e. The lowest BCUT2D eigenvalue weighted by Crippen LogP contribution is -2.30. The zero-order valence-corrected chi connectivity index (χ0v) is 10.3. The van der Waals surface area contributed by atoms with E-state index in [9.17, 15) is 4.79 Å². The SMILES string of the molecule is CC(C)C1OC(=O)CC/C1=C/c1ccccc1. The van der Waals surface area contributed by atoms with Gasteiger partial charge >= 0.3 is 5.97 Å². The first-order valence-electron chi connectivity index (χ1n) is 6.12. The molecule has 0 aromatic heterocycles. The quantitative estimate of drug-likeness (QED) is 0.727. The van der Waals surface area contributed by atoms with Gasteiger partial charge in [-0.1, -0.05) is 50.3 Å². The van der Waals surface area contributed by atoms with E-state index in [2.05, 4.69) is 32.1 Å². The molecule has 1 aliphatic rings. The van der Waals surface area contributed by atoms with Crippen LogP contribution in [0.2, 0.25) is 0 Å². The Kier molecular flexibility index (Phi) is 3.62. The fourth-order valence-corrected chi connectivity index (χ4v) is 2.15. The predicted molar refractivity (Wildman–Crippen MR) is 68.4 cm³/mol. The van der Waals surface area contributed by atoms with Crippen LogP contribution in [0.5, 0.6) is 0 Å². The van der Waals surface area contributed by atoms with Crippen LogP contribution in [0, 0.1) is 5.92 Å². The summed E-state index contributed by atoms with van der Waals surface area (Å²) in [5, 5.41) is 0. The minimum atomic E-state index is -0.0751. The van der Waals surface area contributed by atoms with Crippen LogP contribution in [0.1, 0.15) is 32.3 Å². The highest BCUT2D eigenvalue weighted by Crippen LogP contribution is 2.28. The molecule has 90 valence electrons. The van der Waals surface area contributed by atoms with E-state index in [4.69, 9.17) is 4.74 Å². The number of ether oxygens (including phenoxy) is 1. The summed E-state index contributed by atoms with van der Waals surface area (Å²) in [5.41, 5.74) is 2.40. The maximum absolute atomic E-state index is 11.3. The normalized spacial score (nSPS) is 22.9. The topological polar surface area (TPSA) is 26.3 Å². The van der Waals surface area contributed by atoms with Crippen molar-refractivity contribution in [1.29, 1.82) is 0 Å². The molecule has 1 saturated heterocycles. The fourth-order valence-electron chi connectivity index (χ4n) is 2.15. The van der Waals surface area contributed by atoms with Gasteiger partial charge in [0.15, 0.2) is 0 Å². The molecular weight excluding hydrogens is 212 g/mol. The first-order chi connectivity index (χ1) is 8.16. The van der Waals surface area contributed by atoms with Crippen molar-refractivity contribution >= 4 is 12.0 Å². The summed E-state index contributed by atoms with van der Waals surface area (Å²) < 4.78 is 5.43. The van der Waals surface area contributed by atoms with Crippen LogP contribution >= 0.6 is 0 Å². The second-order valence-electron chi connectivity index (χ2n) is 4.78. The molecule has 0 spiro atoms. The predicted octanol–water partition coefficient (Wildman–Crippen LogP) is 3.43. The molecule has 1 atom stereocenters. The van der Waals surface area contributed by atoms with Gasteiger partial charge in [0.1, 0.15) is 6.10 Å². The molecule has 0 radical (unpaired) electrons. The monoisotopic (exact) mass is 230 g/mol. The molecule has 0 N–H and O–H groups in total. The van der Waals surface area contributed by atoms with Gasteiger partial charge in [0.05, 0.1) is 0 Å². The zero-order chi connectivity index (χ0) is 12.3. The van der Waals surface area contributed by atoms with Crippen LogP contribution < -0.4 is 0 Å². The molecule has 2 heteroatoms. The van der Waals surface area contributed by atoms with Gasteiger partial charge in [0.25, 0.3) is 0 Å². The Morgan fingerprint density at radius 3 is 2.59 bits per heavy atom. The van der Waals surface area contributed by atoms with Gasteiger partial charge in [0, 0.05) is 6.42 Å². The molecule has 1 unspecified atom stereocenters. The van der Waals surface area contributed by atoms with Gasteiger partial charge in [-0.05, 0) is 23.5 Å². The Labute approximate surface area is 102 Å². The van der Waals surface area contributed by atoms with Gasteiger partial charge < -0.3 is 4.74 Å². The Bertz CT molecular complexity index is 418. The molecule has 1 aromatic carbocycles. The van der Waals surface area contributed by atoms with Crippen molar-refractivity contribution in [2.45, 2.75) is 32.8 Å². The lowest BCUT2D eigenvalue weighted by molar-refractivity contribution is -0.152. The van der Waals surface area contributed by atoms with E-state index in [-0.39, 0.29) is 12.1 Å². The summed E-state index contributed by atoms with van der Waals surface area (Å²) in [6.45, 7) is 4.17. The summed E-state index contributed by atoms with van der Waals surface area (Å²) in [6.07, 6.45) is 3.41. The number of rotatable bonds is 2. The van der Waals surface area contributed by atoms with Crippen LogP contribution in [0.3, 0.4) is 0 Å². The first-order valence-corrected chi connectivity index (χ1v) is 6.12. The lowest BCUT2D eigenvalue weighted by Gasteiger charge is -2.28. The van der Waals surface area contributed by atoms with Crippen LogP contribution in [-0.2, 0) is 9.53 Å². The number of cyclic esters (lactones) is 1. The molecule has 0 saturated carbocycles. The van der Waals surface area contributed by atoms with E-state index in [1.165, 1.54) is 11.1 Å². The van der Waals surface area contributed by atoms with Crippen molar-refractivity contribution in [3.8, 4) is 0 Å². The summed E-state index contributed by atoms with van der Waals surface area (Å²) in [4.78, 5) is 11.3. The third-order valence-corrected chi connectivity index (χ3v) is 3.00. The number of carbonyl (C=O) groups is 1. The number of esters is 1. The third-order valence-electron chi connectivity index (χ3n) is 3.00. The van der Waals surface area contributed by atoms with E-state index >= 15 is 0 Å². The average Bonchev–Trinajstić information content (AvgIpc) is 2.32. The Hall–Kier alpha value is -1.57. The van der Waals surface area contributed by atoms with Crippen molar-refractivity contribution in [3.63, 3.8) is 0 Å². The number of hydrogen-bond donors (Lipinski definition) is 0. The molecule has 2 nitrogen and oxygen atoms in total. The fraction of sp³-hybridized carbons (Fsp3) is 0.400. The average molecular weight is 230 g/mol. The highest BCUT2D eigenvalue weighted by Gasteiger charge is 2.27. The van der Waals surface area contributed by atoms with Crippen LogP contribution in [0.15, 0.2) is 35.9 Å². The molecule has 2 rings (SSSR count). The highest BCUT2D eigenvalue weighted by atomic mass is 16.5. The smallest absolute Gasteiger partial charge is 0.306 e.